The van der Waals surface area contributed by atoms with Crippen molar-refractivity contribution >= 4 is 11.9 Å². The Hall–Kier alpha value is -2.96. The van der Waals surface area contributed by atoms with Crippen molar-refractivity contribution in [2.24, 2.45) is 0 Å². The molecule has 5 nitrogen and oxygen atoms in total. The maximum absolute atomic E-state index is 14.1. The van der Waals surface area contributed by atoms with Gasteiger partial charge in [0.25, 0.3) is 0 Å². The Balaban J connectivity index is 1.73. The molecule has 0 aliphatic rings. The molecule has 2 aromatic rings. The molecule has 0 saturated carbocycles. The van der Waals surface area contributed by atoms with Crippen molar-refractivity contribution < 1.29 is 32.6 Å². The number of rotatable bonds is 20. The van der Waals surface area contributed by atoms with Gasteiger partial charge in [0, 0.05) is 0 Å². The second-order valence-corrected chi connectivity index (χ2v) is 9.95. The average molecular weight is 547 g/mol. The van der Waals surface area contributed by atoms with E-state index >= 15 is 0 Å². The molecule has 0 saturated heterocycles. The number of benzene rings is 2. The zero-order valence-electron chi connectivity index (χ0n) is 23.5. The quantitative estimate of drug-likeness (QED) is 0.0940. The van der Waals surface area contributed by atoms with Crippen molar-refractivity contribution in [1.82, 2.24) is 0 Å². The van der Waals surface area contributed by atoms with Gasteiger partial charge in [-0.1, -0.05) is 84.5 Å². The van der Waals surface area contributed by atoms with Crippen LogP contribution in [0.15, 0.2) is 48.5 Å². The summed E-state index contributed by atoms with van der Waals surface area (Å²) in [6, 6.07) is 12.0. The average Bonchev–Trinajstić information content (AvgIpc) is 2.92. The number of hydrogen-bond acceptors (Lipinski definition) is 5. The summed E-state index contributed by atoms with van der Waals surface area (Å²) in [4.78, 5) is 24.6. The molecular weight excluding hydrogens is 502 g/mol. The number of esters is 2. The molecule has 0 fully saturated rings. The number of halogens is 2. The van der Waals surface area contributed by atoms with Gasteiger partial charge in [0.15, 0.2) is 0 Å². The molecule has 0 spiro atoms. The molecule has 2 rings (SSSR count). The lowest BCUT2D eigenvalue weighted by Gasteiger charge is -2.16. The SMILES string of the molecule is CCCCCCCCCC(F)(F)OC(=O)c1ccc(OC(=O)c2ccc(OCCCCCCCC)cc2)cc1. The molecule has 0 aliphatic carbocycles. The summed E-state index contributed by atoms with van der Waals surface area (Å²) < 4.78 is 43.7. The normalized spacial score (nSPS) is 11.3. The summed E-state index contributed by atoms with van der Waals surface area (Å²) >= 11 is 0. The third-order valence-corrected chi connectivity index (χ3v) is 6.47. The number of carbonyl (C=O) groups is 2. The third kappa shape index (κ3) is 13.6. The van der Waals surface area contributed by atoms with Crippen LogP contribution in [0.1, 0.15) is 124 Å². The van der Waals surface area contributed by atoms with Crippen LogP contribution in [0.25, 0.3) is 0 Å². The van der Waals surface area contributed by atoms with Crippen molar-refractivity contribution in [3.05, 3.63) is 59.7 Å². The smallest absolute Gasteiger partial charge is 0.400 e. The van der Waals surface area contributed by atoms with Gasteiger partial charge in [0.2, 0.25) is 0 Å². The lowest BCUT2D eigenvalue weighted by atomic mass is 10.1. The highest BCUT2D eigenvalue weighted by Gasteiger charge is 2.33. The Kier molecular flexibility index (Phi) is 15.2. The molecule has 2 aromatic carbocycles. The van der Waals surface area contributed by atoms with Crippen LogP contribution < -0.4 is 9.47 Å². The van der Waals surface area contributed by atoms with Crippen LogP contribution in [0, 0.1) is 0 Å². The van der Waals surface area contributed by atoms with Crippen LogP contribution in [0.2, 0.25) is 0 Å². The second-order valence-electron chi connectivity index (χ2n) is 9.95. The predicted octanol–water partition coefficient (Wildman–Crippen LogP) is 9.54. The van der Waals surface area contributed by atoms with Crippen molar-refractivity contribution in [1.29, 1.82) is 0 Å². The highest BCUT2D eigenvalue weighted by molar-refractivity contribution is 5.92. The van der Waals surface area contributed by atoms with E-state index in [0.29, 0.717) is 30.8 Å². The van der Waals surface area contributed by atoms with Gasteiger partial charge in [-0.3, -0.25) is 0 Å². The molecule has 0 atom stereocenters. The molecule has 0 N–H and O–H groups in total. The number of alkyl halides is 2. The van der Waals surface area contributed by atoms with E-state index in [9.17, 15) is 18.4 Å². The molecule has 0 heterocycles. The van der Waals surface area contributed by atoms with Crippen LogP contribution in [0.4, 0.5) is 8.78 Å². The van der Waals surface area contributed by atoms with Gasteiger partial charge in [0.1, 0.15) is 11.5 Å². The largest absolute Gasteiger partial charge is 0.494 e. The summed E-state index contributed by atoms with van der Waals surface area (Å²) in [5, 5.41) is 0. The highest BCUT2D eigenvalue weighted by atomic mass is 19.3. The van der Waals surface area contributed by atoms with E-state index in [4.69, 9.17) is 9.47 Å². The van der Waals surface area contributed by atoms with Gasteiger partial charge < -0.3 is 14.2 Å². The number of ether oxygens (including phenoxy) is 3. The fraction of sp³-hybridized carbons (Fsp3) is 0.562. The monoisotopic (exact) mass is 546 g/mol. The lowest BCUT2D eigenvalue weighted by Crippen LogP contribution is -2.25. The first-order chi connectivity index (χ1) is 18.8. The molecule has 39 heavy (non-hydrogen) atoms. The minimum Gasteiger partial charge on any atom is -0.494 e. The van der Waals surface area contributed by atoms with Gasteiger partial charge in [-0.25, -0.2) is 9.59 Å². The molecule has 0 unspecified atom stereocenters. The van der Waals surface area contributed by atoms with Crippen LogP contribution in [-0.2, 0) is 4.74 Å². The molecule has 0 bridgehead atoms. The minimum atomic E-state index is -3.52. The van der Waals surface area contributed by atoms with E-state index in [1.54, 1.807) is 24.3 Å². The van der Waals surface area contributed by atoms with E-state index in [2.05, 4.69) is 18.6 Å². The zero-order chi connectivity index (χ0) is 28.3. The molecule has 0 aromatic heterocycles. The maximum Gasteiger partial charge on any atom is 0.400 e. The van der Waals surface area contributed by atoms with Crippen molar-refractivity contribution in [2.75, 3.05) is 6.61 Å². The predicted molar refractivity (Wildman–Crippen MR) is 150 cm³/mol. The van der Waals surface area contributed by atoms with Crippen molar-refractivity contribution in [3.8, 4) is 11.5 Å². The summed E-state index contributed by atoms with van der Waals surface area (Å²) in [5.41, 5.74) is 0.302. The van der Waals surface area contributed by atoms with Crippen molar-refractivity contribution in [3.63, 3.8) is 0 Å². The van der Waals surface area contributed by atoms with Gasteiger partial charge >= 0.3 is 18.0 Å². The molecule has 0 amide bonds. The summed E-state index contributed by atoms with van der Waals surface area (Å²) in [6.07, 6.45) is 9.44. The van der Waals surface area contributed by atoms with Crippen LogP contribution >= 0.6 is 0 Å². The maximum atomic E-state index is 14.1. The molecule has 7 heteroatoms. The Morgan fingerprint density at radius 3 is 1.64 bits per heavy atom. The van der Waals surface area contributed by atoms with Crippen LogP contribution in [-0.4, -0.2) is 24.7 Å². The van der Waals surface area contributed by atoms with E-state index in [-0.39, 0.29) is 11.3 Å². The van der Waals surface area contributed by atoms with E-state index in [0.717, 1.165) is 44.9 Å². The molecule has 0 radical (unpaired) electrons. The van der Waals surface area contributed by atoms with Gasteiger partial charge in [0.05, 0.1) is 24.2 Å². The Morgan fingerprint density at radius 2 is 1.08 bits per heavy atom. The standard InChI is InChI=1S/C32H44F2O5/c1-3-5-7-9-11-12-14-24-32(33,34)39-31(36)27-18-22-29(23-19-27)38-30(35)26-16-20-28(21-17-26)37-25-15-13-10-8-6-4-2/h16-23H,3-15,24-25H2,1-2H3. The number of hydrogen-bond donors (Lipinski definition) is 0. The van der Waals surface area contributed by atoms with Crippen LogP contribution in [0.5, 0.6) is 11.5 Å². The van der Waals surface area contributed by atoms with Crippen LogP contribution in [0.3, 0.4) is 0 Å². The van der Waals surface area contributed by atoms with E-state index < -0.39 is 24.5 Å². The van der Waals surface area contributed by atoms with Gasteiger partial charge in [-0.15, -0.1) is 0 Å². The zero-order valence-corrected chi connectivity index (χ0v) is 23.5. The molecule has 0 aliphatic heterocycles. The lowest BCUT2D eigenvalue weighted by molar-refractivity contribution is -0.205. The van der Waals surface area contributed by atoms with E-state index in [1.807, 2.05) is 0 Å². The molecular formula is C32H44F2O5. The second kappa shape index (κ2) is 18.3. The van der Waals surface area contributed by atoms with Gasteiger partial charge in [-0.05, 0) is 61.4 Å². The first kappa shape index (κ1) is 32.3. The fourth-order valence-corrected chi connectivity index (χ4v) is 4.12. The topological polar surface area (TPSA) is 61.8 Å². The van der Waals surface area contributed by atoms with Crippen molar-refractivity contribution in [2.45, 2.75) is 110 Å². The first-order valence-electron chi connectivity index (χ1n) is 14.5. The fourth-order valence-electron chi connectivity index (χ4n) is 4.12. The number of unbranched alkanes of at least 4 members (excludes halogenated alkanes) is 11. The van der Waals surface area contributed by atoms with E-state index in [1.165, 1.54) is 49.9 Å². The number of carbonyl (C=O) groups excluding carboxylic acids is 2. The third-order valence-electron chi connectivity index (χ3n) is 6.47. The summed E-state index contributed by atoms with van der Waals surface area (Å²) in [5.74, 6) is -0.812. The summed E-state index contributed by atoms with van der Waals surface area (Å²) in [6.45, 7) is 4.96. The Labute approximate surface area is 232 Å². The first-order valence-corrected chi connectivity index (χ1v) is 14.5. The molecule has 216 valence electrons. The Morgan fingerprint density at radius 1 is 0.615 bits per heavy atom. The Bertz CT molecular complexity index is 958. The summed E-state index contributed by atoms with van der Waals surface area (Å²) in [7, 11) is 0. The van der Waals surface area contributed by atoms with Gasteiger partial charge in [-0.2, -0.15) is 8.78 Å². The minimum absolute atomic E-state index is 0.0408. The highest BCUT2D eigenvalue weighted by Crippen LogP contribution is 2.26.